The number of aliphatic hydroxyl groups excluding tert-OH is 2. The molecular formula is C16H24FNO2. The van der Waals surface area contributed by atoms with E-state index in [-0.39, 0.29) is 18.0 Å². The van der Waals surface area contributed by atoms with E-state index >= 15 is 0 Å². The summed E-state index contributed by atoms with van der Waals surface area (Å²) in [6.07, 6.45) is 3.38. The van der Waals surface area contributed by atoms with Crippen LogP contribution in [0.15, 0.2) is 24.3 Å². The Morgan fingerprint density at radius 2 is 1.90 bits per heavy atom. The first-order chi connectivity index (χ1) is 9.54. The molecule has 1 aromatic carbocycles. The average molecular weight is 281 g/mol. The molecule has 0 spiro atoms. The molecule has 0 radical (unpaired) electrons. The Kier molecular flexibility index (Phi) is 5.13. The number of benzene rings is 1. The zero-order valence-electron chi connectivity index (χ0n) is 12.0. The van der Waals surface area contributed by atoms with Crippen molar-refractivity contribution in [3.63, 3.8) is 0 Å². The Morgan fingerprint density at radius 3 is 2.45 bits per heavy atom. The molecule has 4 heteroatoms. The van der Waals surface area contributed by atoms with Gasteiger partial charge in [0.1, 0.15) is 5.82 Å². The topological polar surface area (TPSA) is 52.5 Å². The number of hydrogen-bond acceptors (Lipinski definition) is 3. The van der Waals surface area contributed by atoms with Gasteiger partial charge in [0.2, 0.25) is 0 Å². The van der Waals surface area contributed by atoms with Crippen LogP contribution in [0.1, 0.15) is 44.3 Å². The van der Waals surface area contributed by atoms with Gasteiger partial charge in [-0.3, -0.25) is 0 Å². The molecule has 0 aromatic heterocycles. The van der Waals surface area contributed by atoms with Crippen LogP contribution < -0.4 is 5.32 Å². The van der Waals surface area contributed by atoms with Crippen molar-refractivity contribution in [2.24, 2.45) is 5.92 Å². The van der Waals surface area contributed by atoms with Crippen molar-refractivity contribution in [3.05, 3.63) is 35.6 Å². The van der Waals surface area contributed by atoms with Gasteiger partial charge in [-0.25, -0.2) is 4.39 Å². The Balaban J connectivity index is 1.91. The predicted molar refractivity (Wildman–Crippen MR) is 76.8 cm³/mol. The molecule has 0 amide bonds. The first-order valence-electron chi connectivity index (χ1n) is 7.34. The van der Waals surface area contributed by atoms with Gasteiger partial charge >= 0.3 is 0 Å². The lowest BCUT2D eigenvalue weighted by atomic mass is 9.77. The smallest absolute Gasteiger partial charge is 0.123 e. The fourth-order valence-electron chi connectivity index (χ4n) is 2.82. The molecule has 1 aliphatic rings. The van der Waals surface area contributed by atoms with Gasteiger partial charge in [0.25, 0.3) is 0 Å². The highest BCUT2D eigenvalue weighted by atomic mass is 19.1. The highest BCUT2D eigenvalue weighted by molar-refractivity contribution is 5.18. The van der Waals surface area contributed by atoms with Gasteiger partial charge in [-0.2, -0.15) is 0 Å². The summed E-state index contributed by atoms with van der Waals surface area (Å²) >= 11 is 0. The Bertz CT molecular complexity index is 413. The highest BCUT2D eigenvalue weighted by Crippen LogP contribution is 2.31. The van der Waals surface area contributed by atoms with E-state index in [0.29, 0.717) is 18.0 Å². The van der Waals surface area contributed by atoms with E-state index in [1.807, 2.05) is 0 Å². The normalized spacial score (nSPS) is 28.3. The van der Waals surface area contributed by atoms with Crippen molar-refractivity contribution >= 4 is 0 Å². The highest BCUT2D eigenvalue weighted by Gasteiger charge is 2.33. The van der Waals surface area contributed by atoms with Gasteiger partial charge in [0, 0.05) is 12.1 Å². The molecular weight excluding hydrogens is 257 g/mol. The van der Waals surface area contributed by atoms with Crippen LogP contribution in [0, 0.1) is 11.7 Å². The third kappa shape index (κ3) is 3.78. The zero-order chi connectivity index (χ0) is 14.6. The number of β-amino-alcohol motifs (C(OH)–C–C–N with tert-alkyl or cyclic N) is 1. The van der Waals surface area contributed by atoms with E-state index in [9.17, 15) is 14.6 Å². The fourth-order valence-corrected chi connectivity index (χ4v) is 2.82. The van der Waals surface area contributed by atoms with Crippen LogP contribution in [0.2, 0.25) is 0 Å². The minimum absolute atomic E-state index is 0.0931. The molecule has 1 atom stereocenters. The molecule has 1 aromatic rings. The van der Waals surface area contributed by atoms with Gasteiger partial charge < -0.3 is 15.5 Å². The number of rotatable bonds is 5. The second kappa shape index (κ2) is 6.66. The third-order valence-corrected chi connectivity index (χ3v) is 4.46. The van der Waals surface area contributed by atoms with Crippen LogP contribution >= 0.6 is 0 Å². The van der Waals surface area contributed by atoms with Gasteiger partial charge in [0.15, 0.2) is 0 Å². The van der Waals surface area contributed by atoms with Crippen molar-refractivity contribution in [3.8, 4) is 0 Å². The van der Waals surface area contributed by atoms with E-state index in [4.69, 9.17) is 0 Å². The Morgan fingerprint density at radius 1 is 1.30 bits per heavy atom. The fraction of sp³-hybridized carbons (Fsp3) is 0.625. The molecule has 1 saturated carbocycles. The molecule has 3 nitrogen and oxygen atoms in total. The van der Waals surface area contributed by atoms with Crippen molar-refractivity contribution in [2.75, 3.05) is 13.2 Å². The maximum absolute atomic E-state index is 12.8. The lowest BCUT2D eigenvalue weighted by molar-refractivity contribution is 0.0836. The summed E-state index contributed by atoms with van der Waals surface area (Å²) in [5, 5.41) is 23.1. The zero-order valence-corrected chi connectivity index (χ0v) is 12.0. The summed E-state index contributed by atoms with van der Waals surface area (Å²) in [6.45, 7) is 2.70. The van der Waals surface area contributed by atoms with Crippen LogP contribution in [-0.2, 0) is 0 Å². The summed E-state index contributed by atoms with van der Waals surface area (Å²) < 4.78 is 12.8. The van der Waals surface area contributed by atoms with Crippen molar-refractivity contribution in [2.45, 2.75) is 44.2 Å². The lowest BCUT2D eigenvalue weighted by Crippen LogP contribution is -2.52. The van der Waals surface area contributed by atoms with Crippen LogP contribution in [0.5, 0.6) is 0 Å². The predicted octanol–water partition coefficient (Wildman–Crippen LogP) is 2.39. The maximum atomic E-state index is 12.8. The molecule has 3 N–H and O–H groups in total. The van der Waals surface area contributed by atoms with Gasteiger partial charge in [-0.15, -0.1) is 0 Å². The van der Waals surface area contributed by atoms with E-state index in [0.717, 1.165) is 25.7 Å². The second-order valence-electron chi connectivity index (χ2n) is 6.07. The number of halogens is 1. The van der Waals surface area contributed by atoms with Crippen molar-refractivity contribution < 1.29 is 14.6 Å². The summed E-state index contributed by atoms with van der Waals surface area (Å²) in [5.41, 5.74) is 0.421. The lowest BCUT2D eigenvalue weighted by Gasteiger charge is -2.39. The minimum Gasteiger partial charge on any atom is -0.394 e. The summed E-state index contributed by atoms with van der Waals surface area (Å²) in [4.78, 5) is 0. The molecule has 0 bridgehead atoms. The van der Waals surface area contributed by atoms with Crippen molar-refractivity contribution in [1.29, 1.82) is 0 Å². The van der Waals surface area contributed by atoms with Gasteiger partial charge in [-0.05, 0) is 49.3 Å². The van der Waals surface area contributed by atoms with E-state index in [2.05, 4.69) is 12.2 Å². The van der Waals surface area contributed by atoms with E-state index in [1.165, 1.54) is 12.1 Å². The molecule has 0 aliphatic heterocycles. The van der Waals surface area contributed by atoms with Crippen molar-refractivity contribution in [1.82, 2.24) is 5.32 Å². The summed E-state index contributed by atoms with van der Waals surface area (Å²) in [7, 11) is 0. The first-order valence-corrected chi connectivity index (χ1v) is 7.34. The summed E-state index contributed by atoms with van der Waals surface area (Å²) in [6, 6.07) is 5.89. The molecule has 112 valence electrons. The number of hydrogen-bond donors (Lipinski definition) is 3. The molecule has 1 aliphatic carbocycles. The van der Waals surface area contributed by atoms with Gasteiger partial charge in [0.05, 0.1) is 12.7 Å². The van der Waals surface area contributed by atoms with E-state index in [1.54, 1.807) is 12.1 Å². The molecule has 0 saturated heterocycles. The van der Waals surface area contributed by atoms with Crippen LogP contribution in [-0.4, -0.2) is 28.9 Å². The monoisotopic (exact) mass is 281 g/mol. The van der Waals surface area contributed by atoms with Crippen LogP contribution in [0.4, 0.5) is 4.39 Å². The largest absolute Gasteiger partial charge is 0.394 e. The van der Waals surface area contributed by atoms with E-state index < -0.39 is 6.10 Å². The summed E-state index contributed by atoms with van der Waals surface area (Å²) in [5.74, 6) is 0.403. The maximum Gasteiger partial charge on any atom is 0.123 e. The van der Waals surface area contributed by atoms with Crippen LogP contribution in [0.3, 0.4) is 0 Å². The molecule has 2 rings (SSSR count). The minimum atomic E-state index is -0.682. The van der Waals surface area contributed by atoms with Gasteiger partial charge in [-0.1, -0.05) is 19.1 Å². The second-order valence-corrected chi connectivity index (χ2v) is 6.07. The Hall–Kier alpha value is -0.970. The standard InChI is InChI=1S/C16H24FNO2/c1-12-6-8-16(11-19,9-7-12)18-10-15(20)13-2-4-14(17)5-3-13/h2-5,12,15,18-20H,6-11H2,1H3. The Labute approximate surface area is 119 Å². The molecule has 0 heterocycles. The molecule has 20 heavy (non-hydrogen) atoms. The third-order valence-electron chi connectivity index (χ3n) is 4.46. The molecule has 1 unspecified atom stereocenters. The number of nitrogens with one attached hydrogen (secondary N) is 1. The average Bonchev–Trinajstić information content (AvgIpc) is 2.48. The number of aliphatic hydroxyl groups is 2. The quantitative estimate of drug-likeness (QED) is 0.777. The van der Waals surface area contributed by atoms with Crippen LogP contribution in [0.25, 0.3) is 0 Å². The SMILES string of the molecule is CC1CCC(CO)(NCC(O)c2ccc(F)cc2)CC1. The molecule has 1 fully saturated rings. The first kappa shape index (κ1) is 15.4.